The number of carbonyl (C=O) groups excluding carboxylic acids is 2. The summed E-state index contributed by atoms with van der Waals surface area (Å²) in [7, 11) is -3.32. The first-order valence-electron chi connectivity index (χ1n) is 15.4. The van der Waals surface area contributed by atoms with E-state index in [1.54, 1.807) is 25.8 Å². The van der Waals surface area contributed by atoms with E-state index in [0.29, 0.717) is 5.56 Å². The highest BCUT2D eigenvalue weighted by Gasteiger charge is 2.47. The van der Waals surface area contributed by atoms with Gasteiger partial charge in [0, 0.05) is 35.0 Å². The number of esters is 1. The summed E-state index contributed by atoms with van der Waals surface area (Å²) in [4.78, 5) is 42.8. The third kappa shape index (κ3) is 6.02. The summed E-state index contributed by atoms with van der Waals surface area (Å²) < 4.78 is 67.9. The molecule has 256 valence electrons. The molecular formula is C32H35F2N4O8PS. The van der Waals surface area contributed by atoms with Crippen LogP contribution in [0.1, 0.15) is 54.0 Å². The quantitative estimate of drug-likeness (QED) is 0.248. The van der Waals surface area contributed by atoms with Gasteiger partial charge in [-0.25, -0.2) is 13.3 Å². The highest BCUT2D eigenvalue weighted by molar-refractivity contribution is 7.98. The number of amides is 1. The molecule has 3 aliphatic heterocycles. The van der Waals surface area contributed by atoms with Crippen molar-refractivity contribution in [1.29, 1.82) is 0 Å². The number of methoxy groups -OCH3 is 1. The zero-order valence-electron chi connectivity index (χ0n) is 26.7. The first-order chi connectivity index (χ1) is 23.0. The third-order valence-corrected chi connectivity index (χ3v) is 11.2. The molecule has 1 amide bonds. The first-order valence-corrected chi connectivity index (χ1v) is 17.9. The van der Waals surface area contributed by atoms with Gasteiger partial charge in [0.15, 0.2) is 17.3 Å². The van der Waals surface area contributed by atoms with E-state index in [1.165, 1.54) is 40.7 Å². The smallest absolute Gasteiger partial charge is 0.459 e. The summed E-state index contributed by atoms with van der Waals surface area (Å²) in [5.74, 6) is -4.14. The van der Waals surface area contributed by atoms with Gasteiger partial charge in [0.05, 0.1) is 33.0 Å². The Balaban J connectivity index is 1.57. The average molecular weight is 705 g/mol. The minimum absolute atomic E-state index is 0.0620. The number of aromatic nitrogens is 1. The molecular weight excluding hydrogens is 669 g/mol. The highest BCUT2D eigenvalue weighted by Crippen LogP contribution is 2.48. The topological polar surface area (TPSA) is 129 Å². The first kappa shape index (κ1) is 34.1. The summed E-state index contributed by atoms with van der Waals surface area (Å²) in [5, 5.41) is 4.38. The van der Waals surface area contributed by atoms with Crippen molar-refractivity contribution in [2.24, 2.45) is 5.92 Å². The van der Waals surface area contributed by atoms with E-state index in [4.69, 9.17) is 18.5 Å². The molecule has 2 unspecified atom stereocenters. The minimum atomic E-state index is -4.50. The van der Waals surface area contributed by atoms with Gasteiger partial charge in [0.1, 0.15) is 12.2 Å². The van der Waals surface area contributed by atoms with E-state index in [9.17, 15) is 23.3 Å². The number of carbonyl (C=O) groups is 2. The van der Waals surface area contributed by atoms with Crippen molar-refractivity contribution in [3.05, 3.63) is 92.9 Å². The molecule has 0 aliphatic carbocycles. The van der Waals surface area contributed by atoms with Gasteiger partial charge in [-0.05, 0) is 36.1 Å². The van der Waals surface area contributed by atoms with Gasteiger partial charge in [0.25, 0.3) is 5.91 Å². The number of morpholine rings is 1. The second kappa shape index (κ2) is 13.6. The molecule has 0 saturated carbocycles. The Kier molecular flexibility index (Phi) is 9.69. The van der Waals surface area contributed by atoms with Crippen LogP contribution in [0.3, 0.4) is 0 Å². The molecule has 2 aromatic carbocycles. The zero-order chi connectivity index (χ0) is 34.3. The second-order valence-corrected chi connectivity index (χ2v) is 14.4. The van der Waals surface area contributed by atoms with Gasteiger partial charge < -0.3 is 18.9 Å². The Bertz CT molecular complexity index is 1860. The Morgan fingerprint density at radius 3 is 2.65 bits per heavy atom. The Morgan fingerprint density at radius 1 is 1.15 bits per heavy atom. The van der Waals surface area contributed by atoms with Crippen LogP contribution >= 0.6 is 19.5 Å². The van der Waals surface area contributed by atoms with E-state index in [1.807, 2.05) is 24.3 Å². The normalized spacial score (nSPS) is 20.5. The predicted octanol–water partition coefficient (Wildman–Crippen LogP) is 4.58. The maximum absolute atomic E-state index is 15.5. The van der Waals surface area contributed by atoms with Crippen molar-refractivity contribution in [3.8, 4) is 5.75 Å². The number of halogens is 2. The van der Waals surface area contributed by atoms with Crippen LogP contribution in [-0.2, 0) is 29.1 Å². The standard InChI is InChI=1S/C32H35F2N4O8PS/c1-5-45-47(42,35-27(18(2)3)32(41)43-4)46-30-23(39)12-13-37-29(30)31(40)36-14-15-44-16-25(36)38(37)28-19-10-11-22(33)26(34)21(19)17-48-24-9-7-6-8-20(24)28/h6-13,18,25,27-28H,5,14-17H2,1-4H3,(H,35,42)/t25?,27-,28-,47?/m0/s1. The number of rotatable bonds is 9. The van der Waals surface area contributed by atoms with Crippen molar-refractivity contribution in [2.75, 3.05) is 38.5 Å². The van der Waals surface area contributed by atoms with Crippen molar-refractivity contribution in [2.45, 2.75) is 49.7 Å². The number of ether oxygens (including phenoxy) is 2. The maximum atomic E-state index is 15.5. The molecule has 3 aliphatic rings. The lowest BCUT2D eigenvalue weighted by Gasteiger charge is -2.51. The molecule has 1 fully saturated rings. The molecule has 4 heterocycles. The number of nitrogens with one attached hydrogen (secondary N) is 1. The number of nitrogens with zero attached hydrogens (tertiary/aromatic N) is 3. The molecule has 12 nitrogen and oxygen atoms in total. The lowest BCUT2D eigenvalue weighted by atomic mass is 9.93. The molecule has 6 rings (SSSR count). The van der Waals surface area contributed by atoms with E-state index in [2.05, 4.69) is 5.09 Å². The number of fused-ring (bicyclic) bond motifs is 4. The molecule has 0 bridgehead atoms. The van der Waals surface area contributed by atoms with E-state index < -0.39 is 66.6 Å². The van der Waals surface area contributed by atoms with Crippen LogP contribution in [0.15, 0.2) is 58.4 Å². The van der Waals surface area contributed by atoms with Gasteiger partial charge in [-0.3, -0.25) is 28.6 Å². The summed E-state index contributed by atoms with van der Waals surface area (Å²) in [5.41, 5.74) is 0.331. The molecule has 3 aromatic rings. The molecule has 0 radical (unpaired) electrons. The number of pyridine rings is 1. The monoisotopic (exact) mass is 704 g/mol. The Labute approximate surface area is 279 Å². The van der Waals surface area contributed by atoms with Crippen LogP contribution in [0.2, 0.25) is 0 Å². The largest absolute Gasteiger partial charge is 0.468 e. The van der Waals surface area contributed by atoms with Gasteiger partial charge in [0.2, 0.25) is 11.2 Å². The molecule has 1 aromatic heterocycles. The fourth-order valence-corrected chi connectivity index (χ4v) is 9.01. The lowest BCUT2D eigenvalue weighted by molar-refractivity contribution is -0.143. The van der Waals surface area contributed by atoms with E-state index in [-0.39, 0.29) is 43.4 Å². The van der Waals surface area contributed by atoms with Gasteiger partial charge in [-0.15, -0.1) is 11.8 Å². The molecule has 0 spiro atoms. The van der Waals surface area contributed by atoms with Crippen LogP contribution in [0.5, 0.6) is 5.75 Å². The molecule has 1 N–H and O–H groups in total. The number of benzene rings is 2. The maximum Gasteiger partial charge on any atom is 0.459 e. The van der Waals surface area contributed by atoms with Crippen LogP contribution < -0.4 is 20.0 Å². The number of hydrogen-bond donors (Lipinski definition) is 1. The molecule has 1 saturated heterocycles. The highest BCUT2D eigenvalue weighted by atomic mass is 32.2. The van der Waals surface area contributed by atoms with E-state index >= 15 is 4.39 Å². The molecule has 4 atom stereocenters. The molecule has 16 heteroatoms. The third-order valence-electron chi connectivity index (χ3n) is 8.46. The van der Waals surface area contributed by atoms with Crippen LogP contribution in [0.4, 0.5) is 8.78 Å². The summed E-state index contributed by atoms with van der Waals surface area (Å²) in [6, 6.07) is 9.24. The van der Waals surface area contributed by atoms with Gasteiger partial charge in [-0.1, -0.05) is 38.1 Å². The second-order valence-electron chi connectivity index (χ2n) is 11.7. The van der Waals surface area contributed by atoms with Crippen LogP contribution in [0.25, 0.3) is 0 Å². The Hall–Kier alpha value is -3.75. The van der Waals surface area contributed by atoms with Gasteiger partial charge in [-0.2, -0.15) is 5.09 Å². The number of thioether (sulfide) groups is 1. The van der Waals surface area contributed by atoms with Gasteiger partial charge >= 0.3 is 13.7 Å². The minimum Gasteiger partial charge on any atom is -0.468 e. The fraction of sp³-hybridized carbons (Fsp3) is 0.406. The fourth-order valence-electron chi connectivity index (χ4n) is 6.21. The van der Waals surface area contributed by atoms with Crippen molar-refractivity contribution in [3.63, 3.8) is 0 Å². The summed E-state index contributed by atoms with van der Waals surface area (Å²) in [6.45, 7) is 5.21. The summed E-state index contributed by atoms with van der Waals surface area (Å²) in [6.07, 6.45) is 0.636. The van der Waals surface area contributed by atoms with Crippen molar-refractivity contribution in [1.82, 2.24) is 14.7 Å². The predicted molar refractivity (Wildman–Crippen MR) is 172 cm³/mol. The van der Waals surface area contributed by atoms with Crippen LogP contribution in [0, 0.1) is 17.6 Å². The zero-order valence-corrected chi connectivity index (χ0v) is 28.4. The van der Waals surface area contributed by atoms with Crippen molar-refractivity contribution >= 4 is 31.4 Å². The Morgan fingerprint density at radius 2 is 1.92 bits per heavy atom. The molecule has 48 heavy (non-hydrogen) atoms. The number of hydrogen-bond acceptors (Lipinski definition) is 10. The lowest BCUT2D eigenvalue weighted by Crippen LogP contribution is -2.66. The van der Waals surface area contributed by atoms with Crippen molar-refractivity contribution < 1.29 is 41.5 Å². The van der Waals surface area contributed by atoms with E-state index in [0.717, 1.165) is 22.6 Å². The SMILES string of the molecule is CCOP(=O)(N[C@H](C(=O)OC)C(C)C)Oc1c2n(ccc1=O)N([C@@H]1c3ccccc3SCc3c1ccc(F)c3F)C1COCCN1C2=O. The average Bonchev–Trinajstić information content (AvgIpc) is 3.24. The summed E-state index contributed by atoms with van der Waals surface area (Å²) >= 11 is 1.36. The van der Waals surface area contributed by atoms with Crippen LogP contribution in [-0.4, -0.2) is 67.1 Å².